The molecule has 1 N–H and O–H groups in total. The van der Waals surface area contributed by atoms with E-state index in [0.717, 1.165) is 24.1 Å². The highest BCUT2D eigenvalue weighted by molar-refractivity contribution is 6.31. The van der Waals surface area contributed by atoms with Crippen LogP contribution in [0.3, 0.4) is 0 Å². The molecule has 0 aromatic heterocycles. The average Bonchev–Trinajstić information content (AvgIpc) is 2.91. The fourth-order valence-corrected chi connectivity index (χ4v) is 4.11. The third-order valence-corrected chi connectivity index (χ3v) is 5.48. The Balaban J connectivity index is 1.65. The number of hydrogen-bond donors (Lipinski definition) is 1. The highest BCUT2D eigenvalue weighted by atomic mass is 35.5. The molecule has 1 unspecified atom stereocenters. The third kappa shape index (κ3) is 3.31. The molecule has 1 aliphatic heterocycles. The van der Waals surface area contributed by atoms with Gasteiger partial charge in [-0.05, 0) is 42.9 Å². The molecule has 1 aliphatic carbocycles. The van der Waals surface area contributed by atoms with Crippen LogP contribution < -0.4 is 0 Å². The van der Waals surface area contributed by atoms with Crippen molar-refractivity contribution < 1.29 is 9.90 Å². The van der Waals surface area contributed by atoms with E-state index in [0.29, 0.717) is 23.4 Å². The molecule has 0 bridgehead atoms. The van der Waals surface area contributed by atoms with E-state index in [1.54, 1.807) is 6.07 Å². The standard InChI is InChI=1S/C18H24ClNO2/c19-17-10-13(12-21)6-7-14(17)11-15-8-9-20(18(15)22)16-4-2-1-3-5-16/h6-7,10,15-16,21H,1-5,8-9,11-12H2. The number of carbonyl (C=O) groups is 1. The van der Waals surface area contributed by atoms with E-state index in [9.17, 15) is 4.79 Å². The summed E-state index contributed by atoms with van der Waals surface area (Å²) in [6, 6.07) is 6.11. The maximum Gasteiger partial charge on any atom is 0.226 e. The molecule has 2 aliphatic rings. The lowest BCUT2D eigenvalue weighted by Crippen LogP contribution is -2.39. The van der Waals surface area contributed by atoms with Gasteiger partial charge in [-0.3, -0.25) is 4.79 Å². The van der Waals surface area contributed by atoms with Gasteiger partial charge in [0.15, 0.2) is 0 Å². The van der Waals surface area contributed by atoms with Gasteiger partial charge in [0.1, 0.15) is 0 Å². The number of likely N-dealkylation sites (tertiary alicyclic amines) is 1. The van der Waals surface area contributed by atoms with Gasteiger partial charge in [0, 0.05) is 23.5 Å². The van der Waals surface area contributed by atoms with Crippen molar-refractivity contribution in [2.75, 3.05) is 6.54 Å². The molecular weight excluding hydrogens is 298 g/mol. The molecule has 2 fully saturated rings. The van der Waals surface area contributed by atoms with Crippen molar-refractivity contribution in [3.63, 3.8) is 0 Å². The molecule has 0 radical (unpaired) electrons. The molecule has 22 heavy (non-hydrogen) atoms. The Morgan fingerprint density at radius 2 is 1.95 bits per heavy atom. The summed E-state index contributed by atoms with van der Waals surface area (Å²) in [5.41, 5.74) is 1.83. The minimum absolute atomic E-state index is 0.00217. The lowest BCUT2D eigenvalue weighted by Gasteiger charge is -2.31. The van der Waals surface area contributed by atoms with Gasteiger partial charge in [-0.25, -0.2) is 0 Å². The predicted molar refractivity (Wildman–Crippen MR) is 87.8 cm³/mol. The predicted octanol–water partition coefficient (Wildman–Crippen LogP) is 3.56. The molecule has 1 atom stereocenters. The second kappa shape index (κ2) is 7.01. The second-order valence-electron chi connectivity index (χ2n) is 6.60. The lowest BCUT2D eigenvalue weighted by atomic mass is 9.94. The van der Waals surface area contributed by atoms with Crippen molar-refractivity contribution in [2.24, 2.45) is 5.92 Å². The Labute approximate surface area is 137 Å². The summed E-state index contributed by atoms with van der Waals surface area (Å²) < 4.78 is 0. The van der Waals surface area contributed by atoms with Crippen molar-refractivity contribution in [2.45, 2.75) is 57.6 Å². The molecule has 120 valence electrons. The number of nitrogens with zero attached hydrogens (tertiary/aromatic N) is 1. The quantitative estimate of drug-likeness (QED) is 0.921. The van der Waals surface area contributed by atoms with Gasteiger partial charge < -0.3 is 10.0 Å². The molecule has 4 heteroatoms. The molecule has 1 aromatic carbocycles. The van der Waals surface area contributed by atoms with Gasteiger partial charge in [0.2, 0.25) is 5.91 Å². The maximum atomic E-state index is 12.7. The number of rotatable bonds is 4. The van der Waals surface area contributed by atoms with Gasteiger partial charge in [0.25, 0.3) is 0 Å². The van der Waals surface area contributed by atoms with Crippen LogP contribution in [0.4, 0.5) is 0 Å². The van der Waals surface area contributed by atoms with Crippen LogP contribution in [0, 0.1) is 5.92 Å². The highest BCUT2D eigenvalue weighted by Crippen LogP contribution is 2.31. The number of carbonyl (C=O) groups excluding carboxylic acids is 1. The minimum atomic E-state index is -0.00217. The van der Waals surface area contributed by atoms with Crippen LogP contribution in [0.5, 0.6) is 0 Å². The Kier molecular flexibility index (Phi) is 5.04. The molecule has 1 amide bonds. The zero-order valence-electron chi connectivity index (χ0n) is 12.9. The van der Waals surface area contributed by atoms with Crippen LogP contribution in [-0.4, -0.2) is 28.5 Å². The Hall–Kier alpha value is -1.06. The molecule has 3 rings (SSSR count). The highest BCUT2D eigenvalue weighted by Gasteiger charge is 2.36. The van der Waals surface area contributed by atoms with Crippen LogP contribution in [0.2, 0.25) is 5.02 Å². The Bertz CT molecular complexity index is 540. The van der Waals surface area contributed by atoms with E-state index < -0.39 is 0 Å². The number of halogens is 1. The summed E-state index contributed by atoms with van der Waals surface area (Å²) >= 11 is 6.28. The maximum absolute atomic E-state index is 12.7. The Morgan fingerprint density at radius 3 is 2.64 bits per heavy atom. The number of hydrogen-bond acceptors (Lipinski definition) is 2. The van der Waals surface area contributed by atoms with Crippen molar-refractivity contribution in [3.05, 3.63) is 34.3 Å². The summed E-state index contributed by atoms with van der Waals surface area (Å²) in [5, 5.41) is 9.80. The first-order chi connectivity index (χ1) is 10.7. The van der Waals surface area contributed by atoms with Crippen LogP contribution >= 0.6 is 11.6 Å². The van der Waals surface area contributed by atoms with Gasteiger partial charge >= 0.3 is 0 Å². The second-order valence-corrected chi connectivity index (χ2v) is 7.00. The molecular formula is C18H24ClNO2. The van der Waals surface area contributed by atoms with Crippen molar-refractivity contribution in [3.8, 4) is 0 Å². The number of amides is 1. The summed E-state index contributed by atoms with van der Waals surface area (Å²) in [4.78, 5) is 14.8. The molecule has 1 aromatic rings. The first-order valence-corrected chi connectivity index (χ1v) is 8.75. The van der Waals surface area contributed by atoms with E-state index >= 15 is 0 Å². The number of aliphatic hydroxyl groups is 1. The van der Waals surface area contributed by atoms with Crippen molar-refractivity contribution in [1.29, 1.82) is 0 Å². The zero-order chi connectivity index (χ0) is 15.5. The Morgan fingerprint density at radius 1 is 1.18 bits per heavy atom. The fourth-order valence-electron chi connectivity index (χ4n) is 3.83. The van der Waals surface area contributed by atoms with Crippen LogP contribution in [0.25, 0.3) is 0 Å². The first-order valence-electron chi connectivity index (χ1n) is 8.37. The van der Waals surface area contributed by atoms with Crippen LogP contribution in [-0.2, 0) is 17.8 Å². The van der Waals surface area contributed by atoms with Gasteiger partial charge in [0.05, 0.1) is 6.61 Å². The van der Waals surface area contributed by atoms with Gasteiger partial charge in [-0.15, -0.1) is 0 Å². The summed E-state index contributed by atoms with van der Waals surface area (Å²) in [7, 11) is 0. The molecule has 3 nitrogen and oxygen atoms in total. The van der Waals surface area contributed by atoms with E-state index in [-0.39, 0.29) is 12.5 Å². The van der Waals surface area contributed by atoms with E-state index in [2.05, 4.69) is 4.90 Å². The topological polar surface area (TPSA) is 40.5 Å². The van der Waals surface area contributed by atoms with Crippen LogP contribution in [0.15, 0.2) is 18.2 Å². The summed E-state index contributed by atoms with van der Waals surface area (Å²) in [6.45, 7) is 0.901. The van der Waals surface area contributed by atoms with Crippen molar-refractivity contribution in [1.82, 2.24) is 4.90 Å². The summed E-state index contributed by atoms with van der Waals surface area (Å²) in [5.74, 6) is 0.383. The number of benzene rings is 1. The lowest BCUT2D eigenvalue weighted by molar-refractivity contribution is -0.133. The molecule has 1 saturated heterocycles. The molecule has 1 saturated carbocycles. The van der Waals surface area contributed by atoms with Gasteiger partial charge in [-0.1, -0.05) is 43.0 Å². The first kappa shape index (κ1) is 15.8. The monoisotopic (exact) mass is 321 g/mol. The fraction of sp³-hybridized carbons (Fsp3) is 0.611. The average molecular weight is 322 g/mol. The van der Waals surface area contributed by atoms with Gasteiger partial charge in [-0.2, -0.15) is 0 Å². The SMILES string of the molecule is O=C1C(Cc2ccc(CO)cc2Cl)CCN1C1CCCCC1. The molecule has 0 spiro atoms. The zero-order valence-corrected chi connectivity index (χ0v) is 13.7. The smallest absolute Gasteiger partial charge is 0.226 e. The van der Waals surface area contributed by atoms with E-state index in [1.807, 2.05) is 12.1 Å². The van der Waals surface area contributed by atoms with E-state index in [4.69, 9.17) is 16.7 Å². The molecule has 1 heterocycles. The van der Waals surface area contributed by atoms with Crippen LogP contribution in [0.1, 0.15) is 49.7 Å². The normalized spacial score (nSPS) is 23.3. The summed E-state index contributed by atoms with van der Waals surface area (Å²) in [6.07, 6.45) is 7.82. The minimum Gasteiger partial charge on any atom is -0.392 e. The van der Waals surface area contributed by atoms with E-state index in [1.165, 1.54) is 32.1 Å². The van der Waals surface area contributed by atoms with Crippen molar-refractivity contribution >= 4 is 17.5 Å². The number of aliphatic hydroxyl groups excluding tert-OH is 1. The largest absolute Gasteiger partial charge is 0.392 e. The third-order valence-electron chi connectivity index (χ3n) is 5.13.